The second-order valence-electron chi connectivity index (χ2n) is 5.93. The van der Waals surface area contributed by atoms with Gasteiger partial charge < -0.3 is 10.3 Å². The molecule has 2 aromatic rings. The van der Waals surface area contributed by atoms with Crippen molar-refractivity contribution >= 4 is 39.2 Å². The first-order valence-corrected chi connectivity index (χ1v) is 9.85. The summed E-state index contributed by atoms with van der Waals surface area (Å²) in [7, 11) is 0. The van der Waals surface area contributed by atoms with Crippen LogP contribution in [0.15, 0.2) is 9.95 Å². The molecule has 3 rings (SSSR count). The SMILES string of the molecule is CC[C@H](C)NC(=O)CSc1nc2sc3c(c2c(=O)[nH]1)CCCC3. The van der Waals surface area contributed by atoms with Gasteiger partial charge in [0.05, 0.1) is 11.1 Å². The quantitative estimate of drug-likeness (QED) is 0.642. The molecule has 0 unspecified atom stereocenters. The predicted molar refractivity (Wildman–Crippen MR) is 95.5 cm³/mol. The Kier molecular flexibility index (Phi) is 5.06. The van der Waals surface area contributed by atoms with Crippen molar-refractivity contribution in [1.82, 2.24) is 15.3 Å². The number of hydrogen-bond donors (Lipinski definition) is 2. The second-order valence-corrected chi connectivity index (χ2v) is 7.98. The van der Waals surface area contributed by atoms with Crippen LogP contribution in [0.1, 0.15) is 43.6 Å². The van der Waals surface area contributed by atoms with Crippen molar-refractivity contribution in [2.24, 2.45) is 0 Å². The summed E-state index contributed by atoms with van der Waals surface area (Å²) in [6, 6.07) is 0.168. The van der Waals surface area contributed by atoms with Gasteiger partial charge in [-0.25, -0.2) is 4.98 Å². The van der Waals surface area contributed by atoms with Crippen molar-refractivity contribution in [3.05, 3.63) is 20.8 Å². The average molecular weight is 351 g/mol. The summed E-state index contributed by atoms with van der Waals surface area (Å²) < 4.78 is 0. The third-order valence-corrected chi connectivity index (χ3v) is 6.22. The maximum absolute atomic E-state index is 12.4. The van der Waals surface area contributed by atoms with Crippen LogP contribution in [-0.4, -0.2) is 27.7 Å². The van der Waals surface area contributed by atoms with E-state index in [0.29, 0.717) is 5.16 Å². The predicted octanol–water partition coefficient (Wildman–Crippen LogP) is 2.87. The van der Waals surface area contributed by atoms with Gasteiger partial charge in [-0.2, -0.15) is 0 Å². The van der Waals surface area contributed by atoms with E-state index in [1.807, 2.05) is 13.8 Å². The Morgan fingerprint density at radius 2 is 2.22 bits per heavy atom. The van der Waals surface area contributed by atoms with Crippen LogP contribution < -0.4 is 10.9 Å². The van der Waals surface area contributed by atoms with Crippen LogP contribution in [0.4, 0.5) is 0 Å². The van der Waals surface area contributed by atoms with Gasteiger partial charge in [-0.3, -0.25) is 9.59 Å². The average Bonchev–Trinajstić information content (AvgIpc) is 2.91. The Morgan fingerprint density at radius 1 is 1.43 bits per heavy atom. The van der Waals surface area contributed by atoms with E-state index in [-0.39, 0.29) is 23.3 Å². The molecule has 0 aliphatic heterocycles. The number of aryl methyl sites for hydroxylation is 2. The molecule has 124 valence electrons. The van der Waals surface area contributed by atoms with Crippen LogP contribution >= 0.6 is 23.1 Å². The molecule has 0 spiro atoms. The van der Waals surface area contributed by atoms with Gasteiger partial charge in [0, 0.05) is 10.9 Å². The number of aromatic amines is 1. The Hall–Kier alpha value is -1.34. The zero-order valence-corrected chi connectivity index (χ0v) is 15.0. The van der Waals surface area contributed by atoms with Gasteiger partial charge in [0.2, 0.25) is 5.91 Å². The maximum atomic E-state index is 12.4. The first-order valence-electron chi connectivity index (χ1n) is 8.05. The van der Waals surface area contributed by atoms with Crippen molar-refractivity contribution in [3.8, 4) is 0 Å². The lowest BCUT2D eigenvalue weighted by molar-refractivity contribution is -0.119. The molecule has 1 atom stereocenters. The lowest BCUT2D eigenvalue weighted by Gasteiger charge is -2.10. The number of hydrogen-bond acceptors (Lipinski definition) is 5. The molecule has 7 heteroatoms. The number of thiophene rings is 1. The van der Waals surface area contributed by atoms with Crippen LogP contribution in [-0.2, 0) is 17.6 Å². The molecule has 2 heterocycles. The molecule has 0 fully saturated rings. The number of amides is 1. The molecular formula is C16H21N3O2S2. The molecule has 1 aliphatic rings. The number of aromatic nitrogens is 2. The highest BCUT2D eigenvalue weighted by Crippen LogP contribution is 2.34. The Balaban J connectivity index is 1.78. The van der Waals surface area contributed by atoms with Crippen LogP contribution in [0, 0.1) is 0 Å². The third-order valence-electron chi connectivity index (χ3n) is 4.16. The van der Waals surface area contributed by atoms with E-state index in [1.165, 1.54) is 28.6 Å². The fourth-order valence-electron chi connectivity index (χ4n) is 2.77. The van der Waals surface area contributed by atoms with Gasteiger partial charge in [-0.1, -0.05) is 18.7 Å². The Labute approximate surface area is 143 Å². The third kappa shape index (κ3) is 3.61. The van der Waals surface area contributed by atoms with E-state index in [9.17, 15) is 9.59 Å². The van der Waals surface area contributed by atoms with Gasteiger partial charge in [0.15, 0.2) is 5.16 Å². The Morgan fingerprint density at radius 3 is 3.00 bits per heavy atom. The van der Waals surface area contributed by atoms with Crippen LogP contribution in [0.3, 0.4) is 0 Å². The number of carbonyl (C=O) groups excluding carboxylic acids is 1. The number of thioether (sulfide) groups is 1. The van der Waals surface area contributed by atoms with Gasteiger partial charge in [-0.05, 0) is 44.6 Å². The summed E-state index contributed by atoms with van der Waals surface area (Å²) in [4.78, 5) is 33.8. The van der Waals surface area contributed by atoms with E-state index >= 15 is 0 Å². The van der Waals surface area contributed by atoms with E-state index in [1.54, 1.807) is 11.3 Å². The molecule has 0 aromatic carbocycles. The molecule has 0 bridgehead atoms. The van der Waals surface area contributed by atoms with Crippen LogP contribution in [0.25, 0.3) is 10.2 Å². The lowest BCUT2D eigenvalue weighted by Crippen LogP contribution is -2.33. The highest BCUT2D eigenvalue weighted by molar-refractivity contribution is 7.99. The fourth-order valence-corrected chi connectivity index (χ4v) is 4.76. The summed E-state index contributed by atoms with van der Waals surface area (Å²) in [6.45, 7) is 4.01. The van der Waals surface area contributed by atoms with Gasteiger partial charge in [-0.15, -0.1) is 11.3 Å². The molecule has 1 aliphatic carbocycles. The van der Waals surface area contributed by atoms with Gasteiger partial charge >= 0.3 is 0 Å². The smallest absolute Gasteiger partial charge is 0.260 e. The van der Waals surface area contributed by atoms with Crippen molar-refractivity contribution in [2.75, 3.05) is 5.75 Å². The van der Waals surface area contributed by atoms with E-state index in [2.05, 4.69) is 15.3 Å². The number of carbonyl (C=O) groups is 1. The second kappa shape index (κ2) is 7.05. The van der Waals surface area contributed by atoms with Crippen molar-refractivity contribution in [1.29, 1.82) is 0 Å². The highest BCUT2D eigenvalue weighted by Gasteiger charge is 2.20. The van der Waals surface area contributed by atoms with Crippen molar-refractivity contribution in [3.63, 3.8) is 0 Å². The molecule has 0 saturated carbocycles. The highest BCUT2D eigenvalue weighted by atomic mass is 32.2. The number of H-pyrrole nitrogens is 1. The van der Waals surface area contributed by atoms with Gasteiger partial charge in [0.25, 0.3) is 5.56 Å². The monoisotopic (exact) mass is 351 g/mol. The molecule has 0 saturated heterocycles. The Bertz CT molecular complexity index is 781. The minimum absolute atomic E-state index is 0.0300. The summed E-state index contributed by atoms with van der Waals surface area (Å²) >= 11 is 2.92. The minimum atomic E-state index is -0.0702. The maximum Gasteiger partial charge on any atom is 0.260 e. The first kappa shape index (κ1) is 16.5. The summed E-state index contributed by atoms with van der Waals surface area (Å²) in [5.41, 5.74) is 1.12. The zero-order valence-electron chi connectivity index (χ0n) is 13.4. The molecule has 5 nitrogen and oxygen atoms in total. The summed E-state index contributed by atoms with van der Waals surface area (Å²) in [6.07, 6.45) is 5.26. The number of rotatable bonds is 5. The van der Waals surface area contributed by atoms with Crippen molar-refractivity contribution in [2.45, 2.75) is 57.1 Å². The van der Waals surface area contributed by atoms with E-state index in [4.69, 9.17) is 0 Å². The number of nitrogens with zero attached hydrogens (tertiary/aromatic N) is 1. The normalized spacial score (nSPS) is 15.4. The zero-order chi connectivity index (χ0) is 16.4. The lowest BCUT2D eigenvalue weighted by atomic mass is 9.97. The van der Waals surface area contributed by atoms with Gasteiger partial charge in [0.1, 0.15) is 4.83 Å². The molecule has 23 heavy (non-hydrogen) atoms. The largest absolute Gasteiger partial charge is 0.353 e. The molecule has 2 N–H and O–H groups in total. The van der Waals surface area contributed by atoms with E-state index in [0.717, 1.165) is 35.9 Å². The number of nitrogens with one attached hydrogen (secondary N) is 2. The first-order chi connectivity index (χ1) is 11.1. The number of fused-ring (bicyclic) bond motifs is 3. The standard InChI is InChI=1S/C16H21N3O2S2/c1-3-9(2)17-12(20)8-22-16-18-14(21)13-10-6-4-5-7-11(10)23-15(13)19-16/h9H,3-8H2,1-2H3,(H,17,20)(H,18,19,21)/t9-/m0/s1. The molecule has 0 radical (unpaired) electrons. The fraction of sp³-hybridized carbons (Fsp3) is 0.562. The molecule has 1 amide bonds. The van der Waals surface area contributed by atoms with E-state index < -0.39 is 0 Å². The summed E-state index contributed by atoms with van der Waals surface area (Å²) in [5, 5.41) is 4.20. The molecular weight excluding hydrogens is 330 g/mol. The summed E-state index contributed by atoms with van der Waals surface area (Å²) in [5.74, 6) is 0.238. The topological polar surface area (TPSA) is 74.8 Å². The van der Waals surface area contributed by atoms with Crippen LogP contribution in [0.2, 0.25) is 0 Å². The van der Waals surface area contributed by atoms with Crippen molar-refractivity contribution < 1.29 is 4.79 Å². The minimum Gasteiger partial charge on any atom is -0.353 e. The van der Waals surface area contributed by atoms with Crippen LogP contribution in [0.5, 0.6) is 0 Å². The molecule has 2 aromatic heterocycles.